The van der Waals surface area contributed by atoms with E-state index in [0.29, 0.717) is 26.1 Å². The Kier molecular flexibility index (Phi) is 6.52. The van der Waals surface area contributed by atoms with Crippen molar-refractivity contribution in [3.05, 3.63) is 56.7 Å². The Morgan fingerprint density at radius 1 is 1.19 bits per heavy atom. The fourth-order valence-corrected chi connectivity index (χ4v) is 4.05. The van der Waals surface area contributed by atoms with Crippen molar-refractivity contribution < 1.29 is 9.59 Å². The van der Waals surface area contributed by atoms with E-state index in [4.69, 9.17) is 11.6 Å². The summed E-state index contributed by atoms with van der Waals surface area (Å²) < 4.78 is 0.764. The maximum absolute atomic E-state index is 11.9. The summed E-state index contributed by atoms with van der Waals surface area (Å²) in [6.45, 7) is 2.50. The normalized spacial score (nSPS) is 13.9. The Morgan fingerprint density at radius 3 is 2.77 bits per heavy atom. The highest BCUT2D eigenvalue weighted by Crippen LogP contribution is 2.21. The topological polar surface area (TPSA) is 61.4 Å². The minimum absolute atomic E-state index is 0.187. The van der Waals surface area contributed by atoms with Gasteiger partial charge in [0, 0.05) is 37.5 Å². The van der Waals surface area contributed by atoms with Gasteiger partial charge in [0.15, 0.2) is 0 Å². The van der Waals surface area contributed by atoms with Gasteiger partial charge in [0.05, 0.1) is 4.34 Å². The van der Waals surface area contributed by atoms with Crippen LogP contribution in [-0.4, -0.2) is 29.9 Å². The lowest BCUT2D eigenvalue weighted by atomic mass is 10.1. The quantitative estimate of drug-likeness (QED) is 0.758. The molecule has 0 spiro atoms. The van der Waals surface area contributed by atoms with Gasteiger partial charge in [0.1, 0.15) is 0 Å². The largest absolute Gasteiger partial charge is 0.338 e. The number of amides is 3. The van der Waals surface area contributed by atoms with Gasteiger partial charge < -0.3 is 15.5 Å². The minimum Gasteiger partial charge on any atom is -0.338 e. The predicted octanol–water partition coefficient (Wildman–Crippen LogP) is 3.57. The van der Waals surface area contributed by atoms with E-state index in [0.717, 1.165) is 39.7 Å². The van der Waals surface area contributed by atoms with Crippen molar-refractivity contribution >= 4 is 34.9 Å². The van der Waals surface area contributed by atoms with Gasteiger partial charge in [-0.25, -0.2) is 4.79 Å². The van der Waals surface area contributed by atoms with Crippen molar-refractivity contribution in [1.82, 2.24) is 15.5 Å². The molecule has 138 valence electrons. The average Bonchev–Trinajstić information content (AvgIpc) is 3.22. The number of carbonyl (C=O) groups is 2. The molecule has 0 aliphatic carbocycles. The summed E-state index contributed by atoms with van der Waals surface area (Å²) in [5.41, 5.74) is 2.11. The first-order valence-corrected chi connectivity index (χ1v) is 9.91. The van der Waals surface area contributed by atoms with Crippen LogP contribution in [0.25, 0.3) is 0 Å². The third-order valence-corrected chi connectivity index (χ3v) is 5.57. The van der Waals surface area contributed by atoms with E-state index in [9.17, 15) is 9.59 Å². The molecule has 1 aromatic heterocycles. The Morgan fingerprint density at radius 2 is 2.04 bits per heavy atom. The summed E-state index contributed by atoms with van der Waals surface area (Å²) in [5.74, 6) is 0.222. The first-order valence-electron chi connectivity index (χ1n) is 8.71. The van der Waals surface area contributed by atoms with Crippen LogP contribution < -0.4 is 10.6 Å². The number of hydrogen-bond donors (Lipinski definition) is 2. The molecule has 3 amide bonds. The number of nitrogens with one attached hydrogen (secondary N) is 2. The van der Waals surface area contributed by atoms with Crippen LogP contribution in [0.1, 0.15) is 28.8 Å². The number of urea groups is 1. The Bertz CT molecular complexity index is 778. The first kappa shape index (κ1) is 18.7. The van der Waals surface area contributed by atoms with Crippen LogP contribution in [0.5, 0.6) is 0 Å². The van der Waals surface area contributed by atoms with Gasteiger partial charge >= 0.3 is 6.03 Å². The second-order valence-corrected chi connectivity index (χ2v) is 8.10. The molecular weight excluding hydrogens is 370 g/mol. The van der Waals surface area contributed by atoms with Gasteiger partial charge in [-0.15, -0.1) is 11.3 Å². The Labute approximate surface area is 162 Å². The lowest BCUT2D eigenvalue weighted by Crippen LogP contribution is -2.36. The second-order valence-electron chi connectivity index (χ2n) is 6.30. The summed E-state index contributed by atoms with van der Waals surface area (Å²) in [5, 5.41) is 5.72. The molecule has 0 saturated carbocycles. The number of likely N-dealkylation sites (tertiary alicyclic amines) is 1. The highest BCUT2D eigenvalue weighted by Gasteiger charge is 2.19. The molecule has 0 atom stereocenters. The molecule has 0 bridgehead atoms. The second kappa shape index (κ2) is 9.05. The molecule has 7 heteroatoms. The molecule has 1 aliphatic heterocycles. The highest BCUT2D eigenvalue weighted by molar-refractivity contribution is 7.16. The highest BCUT2D eigenvalue weighted by atomic mass is 35.5. The van der Waals surface area contributed by atoms with Crippen LogP contribution in [0.4, 0.5) is 4.79 Å². The van der Waals surface area contributed by atoms with Crippen LogP contribution in [0.15, 0.2) is 36.4 Å². The predicted molar refractivity (Wildman–Crippen MR) is 104 cm³/mol. The number of thiophene rings is 1. The fraction of sp³-hybridized carbons (Fsp3) is 0.368. The van der Waals surface area contributed by atoms with Gasteiger partial charge in [-0.1, -0.05) is 35.9 Å². The van der Waals surface area contributed by atoms with Crippen LogP contribution in [0, 0.1) is 0 Å². The molecule has 2 heterocycles. The maximum Gasteiger partial charge on any atom is 0.315 e. The van der Waals surface area contributed by atoms with Crippen molar-refractivity contribution in [2.45, 2.75) is 32.4 Å². The third-order valence-electron chi connectivity index (χ3n) is 4.28. The van der Waals surface area contributed by atoms with Gasteiger partial charge in [-0.05, 0) is 36.1 Å². The van der Waals surface area contributed by atoms with Crippen molar-refractivity contribution in [2.24, 2.45) is 0 Å². The van der Waals surface area contributed by atoms with Crippen molar-refractivity contribution in [2.75, 3.05) is 13.1 Å². The molecule has 5 nitrogen and oxygen atoms in total. The molecule has 1 saturated heterocycles. The zero-order chi connectivity index (χ0) is 18.4. The molecule has 3 rings (SSSR count). The van der Waals surface area contributed by atoms with Crippen molar-refractivity contribution in [1.29, 1.82) is 0 Å². The number of benzene rings is 1. The molecular formula is C19H22ClN3O2S. The lowest BCUT2D eigenvalue weighted by molar-refractivity contribution is -0.128. The molecule has 26 heavy (non-hydrogen) atoms. The van der Waals surface area contributed by atoms with E-state index in [1.165, 1.54) is 11.3 Å². The van der Waals surface area contributed by atoms with E-state index in [1.807, 2.05) is 41.3 Å². The summed E-state index contributed by atoms with van der Waals surface area (Å²) in [4.78, 5) is 26.7. The van der Waals surface area contributed by atoms with Gasteiger partial charge in [0.25, 0.3) is 0 Å². The maximum atomic E-state index is 11.9. The molecule has 0 unspecified atom stereocenters. The number of nitrogens with zero attached hydrogens (tertiary/aromatic N) is 1. The van der Waals surface area contributed by atoms with E-state index in [1.54, 1.807) is 0 Å². The lowest BCUT2D eigenvalue weighted by Gasteiger charge is -2.16. The van der Waals surface area contributed by atoms with Crippen LogP contribution in [0.3, 0.4) is 0 Å². The Balaban J connectivity index is 1.41. The molecule has 1 aliphatic rings. The summed E-state index contributed by atoms with van der Waals surface area (Å²) in [7, 11) is 0. The van der Waals surface area contributed by atoms with E-state index in [-0.39, 0.29) is 11.9 Å². The Hall–Kier alpha value is -2.05. The van der Waals surface area contributed by atoms with E-state index >= 15 is 0 Å². The molecule has 1 fully saturated rings. The van der Waals surface area contributed by atoms with Gasteiger partial charge in [-0.3, -0.25) is 4.79 Å². The number of carbonyl (C=O) groups excluding carboxylic acids is 2. The van der Waals surface area contributed by atoms with Crippen LogP contribution >= 0.6 is 22.9 Å². The van der Waals surface area contributed by atoms with E-state index in [2.05, 4.69) is 10.6 Å². The molecule has 0 radical (unpaired) electrons. The van der Waals surface area contributed by atoms with E-state index < -0.39 is 0 Å². The van der Waals surface area contributed by atoms with Crippen LogP contribution in [-0.2, 0) is 24.3 Å². The monoisotopic (exact) mass is 391 g/mol. The molecule has 1 aromatic carbocycles. The van der Waals surface area contributed by atoms with Crippen molar-refractivity contribution in [3.8, 4) is 0 Å². The number of hydrogen-bond acceptors (Lipinski definition) is 3. The minimum atomic E-state index is -0.187. The van der Waals surface area contributed by atoms with Gasteiger partial charge in [-0.2, -0.15) is 0 Å². The molecule has 2 aromatic rings. The third kappa shape index (κ3) is 5.47. The smallest absolute Gasteiger partial charge is 0.315 e. The number of halogens is 1. The first-order chi connectivity index (χ1) is 12.6. The van der Waals surface area contributed by atoms with Crippen molar-refractivity contribution in [3.63, 3.8) is 0 Å². The summed E-state index contributed by atoms with van der Waals surface area (Å²) in [6.07, 6.45) is 2.36. The summed E-state index contributed by atoms with van der Waals surface area (Å²) >= 11 is 7.42. The average molecular weight is 392 g/mol. The van der Waals surface area contributed by atoms with Crippen LogP contribution in [0.2, 0.25) is 4.34 Å². The van der Waals surface area contributed by atoms with Gasteiger partial charge in [0.2, 0.25) is 5.91 Å². The zero-order valence-electron chi connectivity index (χ0n) is 14.5. The zero-order valence-corrected chi connectivity index (χ0v) is 16.0. The SMILES string of the molecule is O=C(NCCc1ccc(Cl)s1)NCc1cccc(CN2CCCC2=O)c1. The fourth-order valence-electron chi connectivity index (χ4n) is 2.96. The molecule has 2 N–H and O–H groups in total. The summed E-state index contributed by atoms with van der Waals surface area (Å²) in [6, 6.07) is 11.6. The standard InChI is InChI=1S/C19H22ClN3O2S/c20-17-7-6-16(26-17)8-9-21-19(25)22-12-14-3-1-4-15(11-14)13-23-10-2-5-18(23)24/h1,3-4,6-7,11H,2,5,8-10,12-13H2,(H2,21,22,25). The number of rotatable bonds is 7.